The minimum Gasteiger partial charge on any atom is -0.326 e. The molecule has 1 amide bonds. The van der Waals surface area contributed by atoms with Crippen molar-refractivity contribution in [1.29, 1.82) is 0 Å². The predicted molar refractivity (Wildman–Crippen MR) is 65.1 cm³/mol. The van der Waals surface area contributed by atoms with E-state index < -0.39 is 5.82 Å². The van der Waals surface area contributed by atoms with Gasteiger partial charge in [0.15, 0.2) is 6.29 Å². The Bertz CT molecular complexity index is 597. The quantitative estimate of drug-likeness (QED) is 0.823. The van der Waals surface area contributed by atoms with Crippen LogP contribution in [0.4, 0.5) is 10.1 Å². The molecule has 0 saturated carbocycles. The second kappa shape index (κ2) is 5.85. The van der Waals surface area contributed by atoms with Crippen LogP contribution in [-0.2, 0) is 11.3 Å². The lowest BCUT2D eigenvalue weighted by atomic mass is 10.3. The number of amides is 1. The molecular formula is C12H11FN4O2. The molecule has 0 bridgehead atoms. The number of rotatable bonds is 5. The second-order valence-corrected chi connectivity index (χ2v) is 3.83. The van der Waals surface area contributed by atoms with Gasteiger partial charge in [0.1, 0.15) is 11.5 Å². The summed E-state index contributed by atoms with van der Waals surface area (Å²) >= 11 is 0. The Hall–Kier alpha value is -2.57. The van der Waals surface area contributed by atoms with Crippen molar-refractivity contribution < 1.29 is 14.0 Å². The third-order valence-corrected chi connectivity index (χ3v) is 2.35. The van der Waals surface area contributed by atoms with Crippen LogP contribution < -0.4 is 5.32 Å². The van der Waals surface area contributed by atoms with Crippen LogP contribution in [0, 0.1) is 5.82 Å². The van der Waals surface area contributed by atoms with Crippen LogP contribution in [0.2, 0.25) is 0 Å². The summed E-state index contributed by atoms with van der Waals surface area (Å²) in [6, 6.07) is 5.64. The van der Waals surface area contributed by atoms with Gasteiger partial charge < -0.3 is 5.32 Å². The molecule has 19 heavy (non-hydrogen) atoms. The average Bonchev–Trinajstić information content (AvgIpc) is 2.84. The number of halogens is 1. The van der Waals surface area contributed by atoms with Gasteiger partial charge in [0.25, 0.3) is 0 Å². The summed E-state index contributed by atoms with van der Waals surface area (Å²) < 4.78 is 14.3. The maximum absolute atomic E-state index is 12.9. The Morgan fingerprint density at radius 1 is 1.47 bits per heavy atom. The van der Waals surface area contributed by atoms with E-state index in [1.165, 1.54) is 29.1 Å². The summed E-state index contributed by atoms with van der Waals surface area (Å²) in [4.78, 5) is 22.0. The summed E-state index contributed by atoms with van der Waals surface area (Å²) in [5, 5.41) is 9.81. The maximum atomic E-state index is 12.9. The topological polar surface area (TPSA) is 76.9 Å². The summed E-state index contributed by atoms with van der Waals surface area (Å²) in [5.41, 5.74) is 0.614. The average molecular weight is 262 g/mol. The van der Waals surface area contributed by atoms with E-state index in [0.29, 0.717) is 18.5 Å². The van der Waals surface area contributed by atoms with Crippen LogP contribution in [0.25, 0.3) is 0 Å². The first-order valence-corrected chi connectivity index (χ1v) is 5.58. The highest BCUT2D eigenvalue weighted by Crippen LogP contribution is 2.09. The van der Waals surface area contributed by atoms with Crippen molar-refractivity contribution in [2.24, 2.45) is 0 Å². The molecule has 0 unspecified atom stereocenters. The molecule has 1 heterocycles. The molecule has 6 nitrogen and oxygen atoms in total. The van der Waals surface area contributed by atoms with Gasteiger partial charge in [-0.1, -0.05) is 11.3 Å². The van der Waals surface area contributed by atoms with Crippen molar-refractivity contribution in [3.8, 4) is 0 Å². The number of carbonyl (C=O) groups excluding carboxylic acids is 2. The predicted octanol–water partition coefficient (Wildman–Crippen LogP) is 1.26. The minimum atomic E-state index is -0.412. The Balaban J connectivity index is 1.86. The van der Waals surface area contributed by atoms with E-state index in [1.54, 1.807) is 6.07 Å². The lowest BCUT2D eigenvalue weighted by Crippen LogP contribution is -2.14. The first kappa shape index (κ1) is 12.9. The van der Waals surface area contributed by atoms with Crippen molar-refractivity contribution in [3.05, 3.63) is 42.0 Å². The number of aryl methyl sites for hydroxylation is 1. The van der Waals surface area contributed by atoms with Crippen LogP contribution in [0.3, 0.4) is 0 Å². The maximum Gasteiger partial charge on any atom is 0.226 e. The fourth-order valence-corrected chi connectivity index (χ4v) is 1.48. The van der Waals surface area contributed by atoms with E-state index in [0.717, 1.165) is 0 Å². The minimum absolute atomic E-state index is 0.151. The number of carbonyl (C=O) groups is 2. The second-order valence-electron chi connectivity index (χ2n) is 3.83. The number of benzene rings is 1. The fourth-order valence-electron chi connectivity index (χ4n) is 1.48. The molecule has 1 aromatic carbocycles. The highest BCUT2D eigenvalue weighted by molar-refractivity contribution is 5.90. The standard InChI is InChI=1S/C12H11FN4O2/c13-9-2-1-3-10(6-9)14-12(19)4-5-17-7-11(8-18)15-16-17/h1-3,6-8H,4-5H2,(H,14,19). The van der Waals surface area contributed by atoms with E-state index in [1.807, 2.05) is 0 Å². The van der Waals surface area contributed by atoms with Gasteiger partial charge in [-0.15, -0.1) is 5.10 Å². The highest BCUT2D eigenvalue weighted by Gasteiger charge is 2.05. The van der Waals surface area contributed by atoms with Gasteiger partial charge in [0.05, 0.1) is 12.7 Å². The van der Waals surface area contributed by atoms with Gasteiger partial charge in [-0.3, -0.25) is 14.3 Å². The molecule has 0 aliphatic rings. The fraction of sp³-hybridized carbons (Fsp3) is 0.167. The number of aldehydes is 1. The van der Waals surface area contributed by atoms with Crippen molar-refractivity contribution in [2.45, 2.75) is 13.0 Å². The van der Waals surface area contributed by atoms with Crippen LogP contribution >= 0.6 is 0 Å². The van der Waals surface area contributed by atoms with Crippen LogP contribution in [0.15, 0.2) is 30.5 Å². The number of nitrogens with zero attached hydrogens (tertiary/aromatic N) is 3. The Labute approximate surface area is 108 Å². The molecule has 0 saturated heterocycles. The molecule has 0 spiro atoms. The van der Waals surface area contributed by atoms with E-state index >= 15 is 0 Å². The zero-order valence-electron chi connectivity index (χ0n) is 9.91. The largest absolute Gasteiger partial charge is 0.326 e. The number of hydrogen-bond acceptors (Lipinski definition) is 4. The summed E-state index contributed by atoms with van der Waals surface area (Å²) in [7, 11) is 0. The summed E-state index contributed by atoms with van der Waals surface area (Å²) in [6.07, 6.45) is 2.18. The van der Waals surface area contributed by atoms with Gasteiger partial charge >= 0.3 is 0 Å². The molecular weight excluding hydrogens is 251 g/mol. The molecule has 2 aromatic rings. The van der Waals surface area contributed by atoms with Crippen molar-refractivity contribution >= 4 is 17.9 Å². The van der Waals surface area contributed by atoms with Crippen molar-refractivity contribution in [2.75, 3.05) is 5.32 Å². The lowest BCUT2D eigenvalue weighted by molar-refractivity contribution is -0.116. The van der Waals surface area contributed by atoms with Gasteiger partial charge in [-0.05, 0) is 18.2 Å². The number of aromatic nitrogens is 3. The summed E-state index contributed by atoms with van der Waals surface area (Å²) in [6.45, 7) is 0.294. The molecule has 1 aromatic heterocycles. The molecule has 1 N–H and O–H groups in total. The zero-order valence-corrected chi connectivity index (χ0v) is 9.91. The third kappa shape index (κ3) is 3.70. The van der Waals surface area contributed by atoms with Gasteiger partial charge in [-0.2, -0.15) is 0 Å². The Morgan fingerprint density at radius 2 is 2.32 bits per heavy atom. The number of anilines is 1. The molecule has 98 valence electrons. The van der Waals surface area contributed by atoms with E-state index in [2.05, 4.69) is 15.6 Å². The van der Waals surface area contributed by atoms with Crippen molar-refractivity contribution in [3.63, 3.8) is 0 Å². The van der Waals surface area contributed by atoms with Crippen LogP contribution in [0.1, 0.15) is 16.9 Å². The normalized spacial score (nSPS) is 10.2. The van der Waals surface area contributed by atoms with Crippen LogP contribution in [-0.4, -0.2) is 27.2 Å². The molecule has 0 atom stereocenters. The highest BCUT2D eigenvalue weighted by atomic mass is 19.1. The van der Waals surface area contributed by atoms with E-state index in [-0.39, 0.29) is 18.0 Å². The van der Waals surface area contributed by atoms with Crippen LogP contribution in [0.5, 0.6) is 0 Å². The number of nitrogens with one attached hydrogen (secondary N) is 1. The molecule has 0 fully saturated rings. The summed E-state index contributed by atoms with van der Waals surface area (Å²) in [5.74, 6) is -0.682. The zero-order chi connectivity index (χ0) is 13.7. The third-order valence-electron chi connectivity index (χ3n) is 2.35. The lowest BCUT2D eigenvalue weighted by Gasteiger charge is -2.04. The van der Waals surface area contributed by atoms with E-state index in [9.17, 15) is 14.0 Å². The molecule has 2 rings (SSSR count). The molecule has 0 aliphatic carbocycles. The first-order chi connectivity index (χ1) is 9.17. The number of hydrogen-bond donors (Lipinski definition) is 1. The SMILES string of the molecule is O=Cc1cn(CCC(=O)Nc2cccc(F)c2)nn1. The Morgan fingerprint density at radius 3 is 3.00 bits per heavy atom. The van der Waals surface area contributed by atoms with Gasteiger partial charge in [0.2, 0.25) is 5.91 Å². The van der Waals surface area contributed by atoms with Gasteiger partial charge in [0, 0.05) is 12.1 Å². The molecule has 0 aliphatic heterocycles. The van der Waals surface area contributed by atoms with Crippen molar-refractivity contribution in [1.82, 2.24) is 15.0 Å². The molecule has 7 heteroatoms. The smallest absolute Gasteiger partial charge is 0.226 e. The van der Waals surface area contributed by atoms with E-state index in [4.69, 9.17) is 0 Å². The monoisotopic (exact) mass is 262 g/mol. The molecule has 0 radical (unpaired) electrons. The van der Waals surface area contributed by atoms with Gasteiger partial charge in [-0.25, -0.2) is 4.39 Å². The first-order valence-electron chi connectivity index (χ1n) is 5.58. The Kier molecular flexibility index (Phi) is 3.97.